The fourth-order valence-corrected chi connectivity index (χ4v) is 2.38. The summed E-state index contributed by atoms with van der Waals surface area (Å²) in [5.41, 5.74) is 1.74. The number of nitrogens with zero attached hydrogens (tertiary/aromatic N) is 1. The summed E-state index contributed by atoms with van der Waals surface area (Å²) in [5, 5.41) is 21.5. The Morgan fingerprint density at radius 3 is 2.48 bits per heavy atom. The lowest BCUT2D eigenvalue weighted by molar-refractivity contribution is -0.133. The van der Waals surface area contributed by atoms with E-state index in [1.165, 1.54) is 4.90 Å². The second-order valence-corrected chi connectivity index (χ2v) is 4.99. The number of hydrogen-bond donors (Lipinski definition) is 3. The van der Waals surface area contributed by atoms with Gasteiger partial charge in [0.15, 0.2) is 0 Å². The van der Waals surface area contributed by atoms with Crippen molar-refractivity contribution in [3.63, 3.8) is 0 Å². The molecule has 0 aromatic heterocycles. The minimum absolute atomic E-state index is 0.0775. The molecular weight excluding hydrogens is 272 g/mol. The van der Waals surface area contributed by atoms with Gasteiger partial charge in [-0.05, 0) is 18.9 Å². The summed E-state index contributed by atoms with van der Waals surface area (Å²) in [5.74, 6) is -0.997. The van der Waals surface area contributed by atoms with Crippen LogP contribution in [0.2, 0.25) is 0 Å². The Morgan fingerprint density at radius 2 is 1.90 bits per heavy atom. The van der Waals surface area contributed by atoms with Crippen LogP contribution in [0.3, 0.4) is 0 Å². The van der Waals surface area contributed by atoms with E-state index in [1.807, 2.05) is 37.3 Å². The molecule has 21 heavy (non-hydrogen) atoms. The Labute approximate surface area is 122 Å². The highest BCUT2D eigenvalue weighted by molar-refractivity contribution is 5.88. The van der Waals surface area contributed by atoms with E-state index < -0.39 is 12.1 Å². The Morgan fingerprint density at radius 1 is 1.24 bits per heavy atom. The topological polar surface area (TPSA) is 89.9 Å². The minimum atomic E-state index is -1.04. The number of benzene rings is 1. The number of aliphatic carboxylic acids is 1. The van der Waals surface area contributed by atoms with Gasteiger partial charge in [0.1, 0.15) is 0 Å². The fraction of sp³-hybridized carbons (Fsp3) is 0.333. The van der Waals surface area contributed by atoms with Gasteiger partial charge in [0.2, 0.25) is 0 Å². The Bertz CT molecular complexity index is 568. The van der Waals surface area contributed by atoms with Crippen molar-refractivity contribution >= 4 is 12.1 Å². The number of carboxylic acids is 1. The number of amides is 1. The number of hydrogen-bond acceptors (Lipinski definition) is 3. The molecule has 6 heteroatoms. The van der Waals surface area contributed by atoms with Crippen molar-refractivity contribution in [1.82, 2.24) is 10.2 Å². The molecule has 1 aliphatic rings. The van der Waals surface area contributed by atoms with E-state index in [4.69, 9.17) is 5.11 Å². The van der Waals surface area contributed by atoms with Crippen LogP contribution in [0.1, 0.15) is 24.9 Å². The molecule has 3 N–H and O–H groups in total. The maximum absolute atomic E-state index is 11.3. The number of nitrogens with one attached hydrogen (secondary N) is 1. The van der Waals surface area contributed by atoms with Crippen molar-refractivity contribution in [2.75, 3.05) is 13.1 Å². The van der Waals surface area contributed by atoms with Gasteiger partial charge in [0.05, 0.1) is 12.1 Å². The van der Waals surface area contributed by atoms with E-state index in [9.17, 15) is 14.7 Å². The van der Waals surface area contributed by atoms with Gasteiger partial charge >= 0.3 is 12.1 Å². The molecule has 6 nitrogen and oxygen atoms in total. The van der Waals surface area contributed by atoms with Crippen LogP contribution in [0.25, 0.3) is 0 Å². The molecule has 2 rings (SSSR count). The zero-order chi connectivity index (χ0) is 15.4. The molecule has 1 heterocycles. The van der Waals surface area contributed by atoms with E-state index in [0.29, 0.717) is 5.70 Å². The Kier molecular flexibility index (Phi) is 4.47. The highest BCUT2D eigenvalue weighted by atomic mass is 16.4. The molecule has 1 atom stereocenters. The summed E-state index contributed by atoms with van der Waals surface area (Å²) in [7, 11) is 0. The van der Waals surface area contributed by atoms with Crippen molar-refractivity contribution in [3.8, 4) is 0 Å². The van der Waals surface area contributed by atoms with Gasteiger partial charge in [-0.15, -0.1) is 0 Å². The standard InChI is InChI=1S/C15H18N2O4/c1-10(11-5-3-2-4-6-11)16-13-9-17(15(20)21)8-7-12(13)14(18)19/h2-6,10,16H,7-9H2,1H3,(H,18,19)(H,20,21)/t10-/m0/s1. The van der Waals surface area contributed by atoms with E-state index in [-0.39, 0.29) is 31.1 Å². The molecule has 112 valence electrons. The molecule has 0 bridgehead atoms. The quantitative estimate of drug-likeness (QED) is 0.789. The molecule has 0 saturated carbocycles. The first-order valence-electron chi connectivity index (χ1n) is 6.73. The third-order valence-electron chi connectivity index (χ3n) is 3.56. The first kappa shape index (κ1) is 14.9. The van der Waals surface area contributed by atoms with Gasteiger partial charge in [-0.2, -0.15) is 0 Å². The van der Waals surface area contributed by atoms with Crippen LogP contribution in [-0.4, -0.2) is 40.3 Å². The van der Waals surface area contributed by atoms with E-state index in [2.05, 4.69) is 5.32 Å². The average molecular weight is 290 g/mol. The first-order chi connectivity index (χ1) is 9.99. The summed E-state index contributed by atoms with van der Waals surface area (Å²) in [4.78, 5) is 23.6. The van der Waals surface area contributed by atoms with E-state index in [1.54, 1.807) is 0 Å². The highest BCUT2D eigenvalue weighted by Crippen LogP contribution is 2.20. The van der Waals surface area contributed by atoms with Crippen LogP contribution in [0.15, 0.2) is 41.6 Å². The van der Waals surface area contributed by atoms with Crippen molar-refractivity contribution in [2.45, 2.75) is 19.4 Å². The maximum Gasteiger partial charge on any atom is 0.407 e. The van der Waals surface area contributed by atoms with Crippen LogP contribution in [-0.2, 0) is 4.79 Å². The van der Waals surface area contributed by atoms with Gasteiger partial charge in [-0.25, -0.2) is 9.59 Å². The summed E-state index contributed by atoms with van der Waals surface area (Å²) < 4.78 is 0. The molecule has 0 saturated heterocycles. The zero-order valence-corrected chi connectivity index (χ0v) is 11.7. The monoisotopic (exact) mass is 290 g/mol. The first-order valence-corrected chi connectivity index (χ1v) is 6.73. The van der Waals surface area contributed by atoms with Crippen molar-refractivity contribution in [3.05, 3.63) is 47.2 Å². The second kappa shape index (κ2) is 6.30. The summed E-state index contributed by atoms with van der Waals surface area (Å²) in [6.07, 6.45) is -0.822. The molecule has 0 fully saturated rings. The van der Waals surface area contributed by atoms with Gasteiger partial charge in [-0.1, -0.05) is 30.3 Å². The molecule has 1 aliphatic heterocycles. The maximum atomic E-state index is 11.3. The molecular formula is C15H18N2O4. The molecule has 1 aromatic rings. The molecule has 1 amide bonds. The lowest BCUT2D eigenvalue weighted by Crippen LogP contribution is -2.41. The summed E-state index contributed by atoms with van der Waals surface area (Å²) >= 11 is 0. The smallest absolute Gasteiger partial charge is 0.407 e. The third kappa shape index (κ3) is 3.53. The second-order valence-electron chi connectivity index (χ2n) is 4.99. The van der Waals surface area contributed by atoms with Gasteiger partial charge < -0.3 is 20.4 Å². The minimum Gasteiger partial charge on any atom is -0.478 e. The predicted molar refractivity (Wildman–Crippen MR) is 76.9 cm³/mol. The van der Waals surface area contributed by atoms with Crippen LogP contribution in [0.4, 0.5) is 4.79 Å². The summed E-state index contributed by atoms with van der Waals surface area (Å²) in [6.45, 7) is 2.21. The van der Waals surface area contributed by atoms with Crippen molar-refractivity contribution in [1.29, 1.82) is 0 Å². The lowest BCUT2D eigenvalue weighted by Gasteiger charge is -2.30. The van der Waals surface area contributed by atoms with E-state index >= 15 is 0 Å². The van der Waals surface area contributed by atoms with Crippen LogP contribution < -0.4 is 5.32 Å². The normalized spacial score (nSPS) is 16.5. The predicted octanol–water partition coefficient (Wildman–Crippen LogP) is 2.06. The van der Waals surface area contributed by atoms with E-state index in [0.717, 1.165) is 5.56 Å². The van der Waals surface area contributed by atoms with Gasteiger partial charge in [0.25, 0.3) is 0 Å². The summed E-state index contributed by atoms with van der Waals surface area (Å²) in [6, 6.07) is 9.51. The van der Waals surface area contributed by atoms with Crippen LogP contribution >= 0.6 is 0 Å². The van der Waals surface area contributed by atoms with Gasteiger partial charge in [-0.3, -0.25) is 0 Å². The molecule has 0 aliphatic carbocycles. The third-order valence-corrected chi connectivity index (χ3v) is 3.56. The van der Waals surface area contributed by atoms with Crippen LogP contribution in [0.5, 0.6) is 0 Å². The lowest BCUT2D eigenvalue weighted by atomic mass is 10.0. The largest absolute Gasteiger partial charge is 0.478 e. The fourth-order valence-electron chi connectivity index (χ4n) is 2.38. The number of carbonyl (C=O) groups is 2. The Hall–Kier alpha value is -2.50. The molecule has 0 radical (unpaired) electrons. The van der Waals surface area contributed by atoms with Crippen molar-refractivity contribution in [2.24, 2.45) is 0 Å². The highest BCUT2D eigenvalue weighted by Gasteiger charge is 2.26. The SMILES string of the molecule is C[C@H](NC1=C(C(=O)O)CCN(C(=O)O)C1)c1ccccc1. The van der Waals surface area contributed by atoms with Crippen molar-refractivity contribution < 1.29 is 19.8 Å². The van der Waals surface area contributed by atoms with Gasteiger partial charge in [0, 0.05) is 18.3 Å². The average Bonchev–Trinajstić information content (AvgIpc) is 2.47. The molecule has 1 aromatic carbocycles. The van der Waals surface area contributed by atoms with Crippen LogP contribution in [0, 0.1) is 0 Å². The Balaban J connectivity index is 2.20. The zero-order valence-electron chi connectivity index (χ0n) is 11.7. The molecule has 0 spiro atoms. The number of carboxylic acid groups (broad SMARTS) is 2. The molecule has 0 unspecified atom stereocenters. The number of rotatable bonds is 4.